The summed E-state index contributed by atoms with van der Waals surface area (Å²) in [5.74, 6) is -0.993. The Hall–Kier alpha value is -1.42. The van der Waals surface area contributed by atoms with Gasteiger partial charge in [0.25, 0.3) is 0 Å². The van der Waals surface area contributed by atoms with E-state index in [0.717, 1.165) is 24.8 Å². The Morgan fingerprint density at radius 1 is 1.29 bits per heavy atom. The molecule has 0 aromatic heterocycles. The van der Waals surface area contributed by atoms with Gasteiger partial charge < -0.3 is 5.11 Å². The summed E-state index contributed by atoms with van der Waals surface area (Å²) in [7, 11) is 0. The first kappa shape index (κ1) is 14.5. The van der Waals surface area contributed by atoms with Gasteiger partial charge in [-0.2, -0.15) is 0 Å². The van der Waals surface area contributed by atoms with E-state index in [1.807, 2.05) is 30.3 Å². The predicted molar refractivity (Wildman–Crippen MR) is 79.0 cm³/mol. The van der Waals surface area contributed by atoms with Crippen LogP contribution >= 0.6 is 0 Å². The minimum absolute atomic E-state index is 0.0676. The van der Waals surface area contributed by atoms with Crippen LogP contribution in [0.15, 0.2) is 30.3 Å². The Labute approximate surface area is 124 Å². The van der Waals surface area contributed by atoms with Crippen LogP contribution in [0.5, 0.6) is 0 Å². The van der Waals surface area contributed by atoms with Crippen LogP contribution in [-0.2, 0) is 4.79 Å². The van der Waals surface area contributed by atoms with Gasteiger partial charge in [0.2, 0.25) is 0 Å². The minimum atomic E-state index is -0.709. The maximum absolute atomic E-state index is 12.5. The van der Waals surface area contributed by atoms with E-state index in [-0.39, 0.29) is 24.6 Å². The third-order valence-electron chi connectivity index (χ3n) is 5.13. The van der Waals surface area contributed by atoms with E-state index in [9.17, 15) is 14.3 Å². The summed E-state index contributed by atoms with van der Waals surface area (Å²) in [6, 6.07) is 10.5. The molecule has 0 spiro atoms. The first-order valence-electron chi connectivity index (χ1n) is 7.82. The Morgan fingerprint density at radius 3 is 2.71 bits per heavy atom. The van der Waals surface area contributed by atoms with Gasteiger partial charge in [-0.25, -0.2) is 0 Å². The lowest BCUT2D eigenvalue weighted by molar-refractivity contribution is -0.146. The molecule has 4 unspecified atom stereocenters. The Kier molecular flexibility index (Phi) is 4.24. The van der Waals surface area contributed by atoms with E-state index < -0.39 is 5.97 Å². The van der Waals surface area contributed by atoms with Gasteiger partial charge in [-0.3, -0.25) is 14.1 Å². The van der Waals surface area contributed by atoms with Crippen LogP contribution in [-0.4, -0.2) is 41.3 Å². The fraction of sp³-hybridized carbons (Fsp3) is 0.588. The van der Waals surface area contributed by atoms with Gasteiger partial charge in [-0.1, -0.05) is 30.3 Å². The molecule has 0 saturated carbocycles. The summed E-state index contributed by atoms with van der Waals surface area (Å²) in [6.07, 6.45) is 3.36. The molecule has 2 saturated heterocycles. The lowest BCUT2D eigenvalue weighted by atomic mass is 9.76. The third-order valence-corrected chi connectivity index (χ3v) is 5.13. The van der Waals surface area contributed by atoms with Crippen molar-refractivity contribution < 1.29 is 14.3 Å². The third kappa shape index (κ3) is 2.69. The van der Waals surface area contributed by atoms with Crippen molar-refractivity contribution in [1.82, 2.24) is 4.90 Å². The number of carbonyl (C=O) groups is 1. The van der Waals surface area contributed by atoms with Crippen molar-refractivity contribution in [3.05, 3.63) is 35.9 Å². The molecule has 3 rings (SSSR count). The summed E-state index contributed by atoms with van der Waals surface area (Å²) in [4.78, 5) is 14.1. The average molecular weight is 291 g/mol. The van der Waals surface area contributed by atoms with Crippen LogP contribution < -0.4 is 0 Å². The van der Waals surface area contributed by atoms with Crippen LogP contribution in [0.2, 0.25) is 0 Å². The standard InChI is InChI=1S/C17H22FNO2/c18-9-4-10-19-13-7-8-15(19)16(17(20)21)14(11-13)12-5-2-1-3-6-12/h1-3,5-6,13-16H,4,7-11H2,(H,20,21). The van der Waals surface area contributed by atoms with Crippen molar-refractivity contribution in [2.45, 2.75) is 43.7 Å². The summed E-state index contributed by atoms with van der Waals surface area (Å²) < 4.78 is 12.5. The molecule has 2 aliphatic heterocycles. The molecule has 0 radical (unpaired) electrons. The van der Waals surface area contributed by atoms with E-state index in [4.69, 9.17) is 0 Å². The highest BCUT2D eigenvalue weighted by atomic mass is 19.1. The highest BCUT2D eigenvalue weighted by Crippen LogP contribution is 2.46. The summed E-state index contributed by atoms with van der Waals surface area (Å²) >= 11 is 0. The van der Waals surface area contributed by atoms with E-state index in [2.05, 4.69) is 4.90 Å². The Balaban J connectivity index is 1.86. The van der Waals surface area contributed by atoms with Crippen LogP contribution in [0.25, 0.3) is 0 Å². The van der Waals surface area contributed by atoms with Crippen molar-refractivity contribution in [2.24, 2.45) is 5.92 Å². The molecule has 1 aromatic carbocycles. The number of alkyl halides is 1. The number of benzene rings is 1. The second-order valence-electron chi connectivity index (χ2n) is 6.20. The first-order chi connectivity index (χ1) is 10.2. The smallest absolute Gasteiger partial charge is 0.308 e. The zero-order valence-electron chi connectivity index (χ0n) is 12.1. The lowest BCUT2D eigenvalue weighted by Gasteiger charge is -2.43. The lowest BCUT2D eigenvalue weighted by Crippen LogP contribution is -2.51. The Morgan fingerprint density at radius 2 is 2.05 bits per heavy atom. The van der Waals surface area contributed by atoms with Crippen LogP contribution in [0.1, 0.15) is 37.2 Å². The second kappa shape index (κ2) is 6.14. The summed E-state index contributed by atoms with van der Waals surface area (Å²) in [5.41, 5.74) is 1.13. The summed E-state index contributed by atoms with van der Waals surface area (Å²) in [5, 5.41) is 9.73. The van der Waals surface area contributed by atoms with Gasteiger partial charge in [0.1, 0.15) is 0 Å². The molecule has 2 bridgehead atoms. The second-order valence-corrected chi connectivity index (χ2v) is 6.20. The molecule has 1 N–H and O–H groups in total. The van der Waals surface area contributed by atoms with Crippen molar-refractivity contribution >= 4 is 5.97 Å². The quantitative estimate of drug-likeness (QED) is 0.906. The maximum atomic E-state index is 12.5. The van der Waals surface area contributed by atoms with E-state index in [1.165, 1.54) is 0 Å². The molecule has 21 heavy (non-hydrogen) atoms. The number of nitrogens with zero attached hydrogens (tertiary/aromatic N) is 1. The maximum Gasteiger partial charge on any atom is 0.308 e. The van der Waals surface area contributed by atoms with E-state index >= 15 is 0 Å². The van der Waals surface area contributed by atoms with Crippen LogP contribution in [0.4, 0.5) is 4.39 Å². The zero-order valence-corrected chi connectivity index (χ0v) is 12.1. The molecule has 0 amide bonds. The molecule has 0 aliphatic carbocycles. The zero-order chi connectivity index (χ0) is 14.8. The monoisotopic (exact) mass is 291 g/mol. The molecule has 4 atom stereocenters. The number of hydrogen-bond donors (Lipinski definition) is 1. The SMILES string of the molecule is O=C(O)C1C(c2ccccc2)CC2CCC1N2CCCF. The Bertz CT molecular complexity index is 493. The number of hydrogen-bond acceptors (Lipinski definition) is 2. The average Bonchev–Trinajstić information content (AvgIpc) is 2.76. The first-order valence-corrected chi connectivity index (χ1v) is 7.82. The van der Waals surface area contributed by atoms with Crippen LogP contribution in [0, 0.1) is 5.92 Å². The molecule has 2 aliphatic rings. The normalized spacial score (nSPS) is 32.2. The van der Waals surface area contributed by atoms with Crippen LogP contribution in [0.3, 0.4) is 0 Å². The highest BCUT2D eigenvalue weighted by molar-refractivity contribution is 5.73. The van der Waals surface area contributed by atoms with Crippen molar-refractivity contribution in [3.63, 3.8) is 0 Å². The number of carboxylic acid groups (broad SMARTS) is 1. The summed E-state index contributed by atoms with van der Waals surface area (Å²) in [6.45, 7) is 0.368. The fourth-order valence-corrected chi connectivity index (χ4v) is 4.28. The number of halogens is 1. The molecule has 1 aromatic rings. The van der Waals surface area contributed by atoms with E-state index in [1.54, 1.807) is 0 Å². The largest absolute Gasteiger partial charge is 0.481 e. The molecule has 2 fully saturated rings. The predicted octanol–water partition coefficient (Wildman–Crippen LogP) is 3.07. The molecule has 3 nitrogen and oxygen atoms in total. The molecular formula is C17H22FNO2. The fourth-order valence-electron chi connectivity index (χ4n) is 4.28. The molecule has 114 valence electrons. The molecule has 4 heteroatoms. The van der Waals surface area contributed by atoms with Gasteiger partial charge in [0.05, 0.1) is 12.6 Å². The van der Waals surface area contributed by atoms with Gasteiger partial charge >= 0.3 is 5.97 Å². The molecule has 2 heterocycles. The van der Waals surface area contributed by atoms with Crippen molar-refractivity contribution in [3.8, 4) is 0 Å². The van der Waals surface area contributed by atoms with Gasteiger partial charge in [0.15, 0.2) is 0 Å². The minimum Gasteiger partial charge on any atom is -0.481 e. The van der Waals surface area contributed by atoms with E-state index in [0.29, 0.717) is 19.0 Å². The van der Waals surface area contributed by atoms with Gasteiger partial charge in [-0.05, 0) is 31.2 Å². The number of aliphatic carboxylic acids is 1. The van der Waals surface area contributed by atoms with Crippen molar-refractivity contribution in [2.75, 3.05) is 13.2 Å². The van der Waals surface area contributed by atoms with Gasteiger partial charge in [0, 0.05) is 24.5 Å². The topological polar surface area (TPSA) is 40.5 Å². The highest BCUT2D eigenvalue weighted by Gasteiger charge is 2.50. The number of piperidine rings is 1. The number of carboxylic acids is 1. The number of rotatable bonds is 5. The molecular weight excluding hydrogens is 269 g/mol. The van der Waals surface area contributed by atoms with Crippen molar-refractivity contribution in [1.29, 1.82) is 0 Å². The van der Waals surface area contributed by atoms with Gasteiger partial charge in [-0.15, -0.1) is 0 Å². The number of fused-ring (bicyclic) bond motifs is 2.